The highest BCUT2D eigenvalue weighted by Crippen LogP contribution is 2.32. The molecular weight excluding hydrogens is 380 g/mol. The van der Waals surface area contributed by atoms with Gasteiger partial charge in [0, 0.05) is 43.9 Å². The van der Waals surface area contributed by atoms with Crippen molar-refractivity contribution < 1.29 is 14.4 Å². The maximum absolute atomic E-state index is 13.0. The summed E-state index contributed by atoms with van der Waals surface area (Å²) in [6, 6.07) is 11.8. The molecule has 0 spiro atoms. The van der Waals surface area contributed by atoms with E-state index in [0.29, 0.717) is 25.1 Å². The van der Waals surface area contributed by atoms with Crippen molar-refractivity contribution in [3.8, 4) is 0 Å². The summed E-state index contributed by atoms with van der Waals surface area (Å²) in [6.45, 7) is 2.59. The maximum Gasteiger partial charge on any atom is 0.255 e. The van der Waals surface area contributed by atoms with Crippen molar-refractivity contribution in [2.45, 2.75) is 44.9 Å². The first-order valence-corrected chi connectivity index (χ1v) is 10.4. The van der Waals surface area contributed by atoms with Gasteiger partial charge in [0.15, 0.2) is 0 Å². The minimum Gasteiger partial charge on any atom is -0.367 e. The van der Waals surface area contributed by atoms with Gasteiger partial charge in [0.1, 0.15) is 6.04 Å². The second-order valence-corrected chi connectivity index (χ2v) is 8.23. The number of hydrogen-bond acceptors (Lipinski definition) is 5. The average molecular weight is 404 g/mol. The Balaban J connectivity index is 1.35. The number of piperidine rings is 1. The first kappa shape index (κ1) is 18.8. The number of nitrogens with one attached hydrogen (secondary N) is 1. The first-order valence-electron chi connectivity index (χ1n) is 10.4. The number of nitrogens with two attached hydrogens (primary N) is 1. The van der Waals surface area contributed by atoms with Crippen LogP contribution >= 0.6 is 0 Å². The molecule has 30 heavy (non-hydrogen) atoms. The van der Waals surface area contributed by atoms with Crippen molar-refractivity contribution >= 4 is 23.4 Å². The van der Waals surface area contributed by atoms with Gasteiger partial charge in [0.05, 0.1) is 0 Å². The molecule has 0 bridgehead atoms. The second-order valence-electron chi connectivity index (χ2n) is 8.23. The maximum atomic E-state index is 13.0. The number of imide groups is 1. The van der Waals surface area contributed by atoms with Crippen LogP contribution in [0.15, 0.2) is 36.4 Å². The molecule has 0 aromatic heterocycles. The highest BCUT2D eigenvalue weighted by Gasteiger charge is 2.39. The lowest BCUT2D eigenvalue weighted by atomic mass is 10.0. The summed E-state index contributed by atoms with van der Waals surface area (Å²) in [5, 5.41) is 2.34. The number of benzene rings is 2. The SMILES string of the molecule is NCc1ccc2c(c1)N(Cc1ccc3c(c1)C(=O)N(C1CCC(=O)NC1=O)C3)CC2. The molecule has 7 heteroatoms. The summed E-state index contributed by atoms with van der Waals surface area (Å²) in [4.78, 5) is 40.6. The fourth-order valence-corrected chi connectivity index (χ4v) is 4.70. The molecule has 0 radical (unpaired) electrons. The summed E-state index contributed by atoms with van der Waals surface area (Å²) < 4.78 is 0. The summed E-state index contributed by atoms with van der Waals surface area (Å²) in [7, 11) is 0. The van der Waals surface area contributed by atoms with Crippen molar-refractivity contribution in [3.05, 3.63) is 64.2 Å². The smallest absolute Gasteiger partial charge is 0.255 e. The minimum atomic E-state index is -0.578. The zero-order chi connectivity index (χ0) is 20.8. The second kappa shape index (κ2) is 7.25. The first-order chi connectivity index (χ1) is 14.5. The fourth-order valence-electron chi connectivity index (χ4n) is 4.70. The Bertz CT molecular complexity index is 1060. The highest BCUT2D eigenvalue weighted by molar-refractivity contribution is 6.05. The van der Waals surface area contributed by atoms with Crippen LogP contribution in [-0.4, -0.2) is 35.2 Å². The van der Waals surface area contributed by atoms with Gasteiger partial charge in [-0.1, -0.05) is 24.3 Å². The molecule has 3 aliphatic rings. The van der Waals surface area contributed by atoms with Crippen molar-refractivity contribution in [1.82, 2.24) is 10.2 Å². The third kappa shape index (κ3) is 3.15. The van der Waals surface area contributed by atoms with Crippen LogP contribution in [0.1, 0.15) is 45.5 Å². The molecule has 1 unspecified atom stereocenters. The standard InChI is InChI=1S/C23H24N4O3/c24-11-14-1-3-16-7-8-26(20(16)10-14)12-15-2-4-17-13-27(23(30)18(17)9-15)19-5-6-21(28)25-22(19)29/h1-4,9-10,19H,5-8,11-13,24H2,(H,25,28,29). The van der Waals surface area contributed by atoms with E-state index in [0.717, 1.165) is 36.2 Å². The predicted molar refractivity (Wildman–Crippen MR) is 112 cm³/mol. The Morgan fingerprint density at radius 1 is 1.00 bits per heavy atom. The molecule has 0 aliphatic carbocycles. The van der Waals surface area contributed by atoms with Crippen LogP contribution in [0.4, 0.5) is 5.69 Å². The predicted octanol–water partition coefficient (Wildman–Crippen LogP) is 1.47. The van der Waals surface area contributed by atoms with E-state index in [9.17, 15) is 14.4 Å². The van der Waals surface area contributed by atoms with Crippen LogP contribution in [0.25, 0.3) is 0 Å². The fraction of sp³-hybridized carbons (Fsp3) is 0.348. The van der Waals surface area contributed by atoms with E-state index in [4.69, 9.17) is 5.73 Å². The van der Waals surface area contributed by atoms with Crippen LogP contribution in [0.2, 0.25) is 0 Å². The zero-order valence-electron chi connectivity index (χ0n) is 16.7. The van der Waals surface area contributed by atoms with Crippen molar-refractivity contribution in [3.63, 3.8) is 0 Å². The lowest BCUT2D eigenvalue weighted by Crippen LogP contribution is -2.52. The molecule has 3 amide bonds. The minimum absolute atomic E-state index is 0.131. The Kier molecular flexibility index (Phi) is 4.55. The summed E-state index contributed by atoms with van der Waals surface area (Å²) in [5.74, 6) is -0.781. The van der Waals surface area contributed by atoms with E-state index >= 15 is 0 Å². The molecule has 1 atom stereocenters. The highest BCUT2D eigenvalue weighted by atomic mass is 16.2. The van der Waals surface area contributed by atoms with Gasteiger partial charge >= 0.3 is 0 Å². The van der Waals surface area contributed by atoms with Gasteiger partial charge in [-0.3, -0.25) is 19.7 Å². The van der Waals surface area contributed by atoms with Crippen LogP contribution in [0, 0.1) is 0 Å². The number of rotatable bonds is 4. The summed E-state index contributed by atoms with van der Waals surface area (Å²) >= 11 is 0. The molecule has 0 saturated carbocycles. The van der Waals surface area contributed by atoms with Crippen molar-refractivity contribution in [2.24, 2.45) is 5.73 Å². The van der Waals surface area contributed by atoms with E-state index < -0.39 is 6.04 Å². The van der Waals surface area contributed by atoms with E-state index in [1.54, 1.807) is 4.90 Å². The third-order valence-corrected chi connectivity index (χ3v) is 6.34. The van der Waals surface area contributed by atoms with E-state index in [1.807, 2.05) is 12.1 Å². The number of anilines is 1. The van der Waals surface area contributed by atoms with Gasteiger partial charge in [0.2, 0.25) is 11.8 Å². The van der Waals surface area contributed by atoms with Gasteiger partial charge in [0.25, 0.3) is 5.91 Å². The largest absolute Gasteiger partial charge is 0.367 e. The van der Waals surface area contributed by atoms with Gasteiger partial charge in [-0.25, -0.2) is 0 Å². The monoisotopic (exact) mass is 404 g/mol. The Morgan fingerprint density at radius 2 is 1.80 bits per heavy atom. The zero-order valence-corrected chi connectivity index (χ0v) is 16.7. The lowest BCUT2D eigenvalue weighted by Gasteiger charge is -2.29. The molecule has 154 valence electrons. The number of nitrogens with zero attached hydrogens (tertiary/aromatic N) is 2. The van der Waals surface area contributed by atoms with Crippen LogP contribution < -0.4 is 16.0 Å². The number of carbonyl (C=O) groups is 3. The molecule has 3 aliphatic heterocycles. The van der Waals surface area contributed by atoms with E-state index in [-0.39, 0.29) is 24.1 Å². The molecule has 1 saturated heterocycles. The Morgan fingerprint density at radius 3 is 2.60 bits per heavy atom. The van der Waals surface area contributed by atoms with Gasteiger partial charge in [-0.2, -0.15) is 0 Å². The normalized spacial score (nSPS) is 20.4. The summed E-state index contributed by atoms with van der Waals surface area (Å²) in [5.41, 5.74) is 12.1. The van der Waals surface area contributed by atoms with Crippen molar-refractivity contribution in [1.29, 1.82) is 0 Å². The topological polar surface area (TPSA) is 95.7 Å². The Labute approximate surface area is 174 Å². The molecule has 5 rings (SSSR count). The quantitative estimate of drug-likeness (QED) is 0.753. The van der Waals surface area contributed by atoms with E-state index in [1.165, 1.54) is 11.3 Å². The molecule has 3 N–H and O–H groups in total. The van der Waals surface area contributed by atoms with Gasteiger partial charge in [-0.15, -0.1) is 0 Å². The number of amides is 3. The number of hydrogen-bond donors (Lipinski definition) is 2. The van der Waals surface area contributed by atoms with Gasteiger partial charge in [-0.05, 0) is 47.2 Å². The average Bonchev–Trinajstić information content (AvgIpc) is 3.29. The molecule has 2 aromatic rings. The molecule has 7 nitrogen and oxygen atoms in total. The molecule has 1 fully saturated rings. The van der Waals surface area contributed by atoms with Crippen molar-refractivity contribution in [2.75, 3.05) is 11.4 Å². The number of fused-ring (bicyclic) bond motifs is 2. The molecule has 3 heterocycles. The van der Waals surface area contributed by atoms with Crippen LogP contribution in [0.3, 0.4) is 0 Å². The van der Waals surface area contributed by atoms with Gasteiger partial charge < -0.3 is 15.5 Å². The van der Waals surface area contributed by atoms with Crippen LogP contribution in [0.5, 0.6) is 0 Å². The molecular formula is C23H24N4O3. The Hall–Kier alpha value is -3.19. The van der Waals surface area contributed by atoms with E-state index in [2.05, 4.69) is 34.5 Å². The molecule has 2 aromatic carbocycles. The lowest BCUT2D eigenvalue weighted by molar-refractivity contribution is -0.136. The van der Waals surface area contributed by atoms with Crippen LogP contribution in [-0.2, 0) is 35.6 Å². The number of carbonyl (C=O) groups excluding carboxylic acids is 3. The summed E-state index contributed by atoms with van der Waals surface area (Å²) in [6.07, 6.45) is 1.65. The third-order valence-electron chi connectivity index (χ3n) is 6.34.